The van der Waals surface area contributed by atoms with Crippen LogP contribution in [-0.4, -0.2) is 6.04 Å². The second-order valence-corrected chi connectivity index (χ2v) is 3.33. The van der Waals surface area contributed by atoms with Crippen LogP contribution >= 0.6 is 12.4 Å². The first-order valence-corrected chi connectivity index (χ1v) is 3.11. The summed E-state index contributed by atoms with van der Waals surface area (Å²) in [5.74, 6) is 0. The lowest BCUT2D eigenvalue weighted by atomic mass is 9.86. The molecule has 0 aromatic heterocycles. The second-order valence-electron chi connectivity index (χ2n) is 3.33. The van der Waals surface area contributed by atoms with Crippen molar-refractivity contribution >= 4 is 12.4 Å². The third-order valence-electron chi connectivity index (χ3n) is 1.42. The van der Waals surface area contributed by atoms with Crippen molar-refractivity contribution in [3.05, 3.63) is 0 Å². The number of rotatable bonds is 1. The lowest BCUT2D eigenvalue weighted by Gasteiger charge is -2.24. The lowest BCUT2D eigenvalue weighted by molar-refractivity contribution is 0.324. The van der Waals surface area contributed by atoms with Crippen molar-refractivity contribution in [1.29, 1.82) is 5.26 Å². The van der Waals surface area contributed by atoms with Gasteiger partial charge in [-0.05, 0) is 5.41 Å². The van der Waals surface area contributed by atoms with E-state index >= 15 is 0 Å². The maximum atomic E-state index is 8.27. The maximum Gasteiger partial charge on any atom is 0.0638 e. The van der Waals surface area contributed by atoms with Gasteiger partial charge < -0.3 is 5.73 Å². The summed E-state index contributed by atoms with van der Waals surface area (Å²) in [6.45, 7) is 6.11. The average molecular weight is 163 g/mol. The third-order valence-corrected chi connectivity index (χ3v) is 1.42. The SMILES string of the molecule is CC(C)(C)[C@@H](N)CC#N.Cl. The van der Waals surface area contributed by atoms with E-state index < -0.39 is 0 Å². The molecule has 0 aromatic rings. The summed E-state index contributed by atoms with van der Waals surface area (Å²) in [6, 6.07) is 2.05. The van der Waals surface area contributed by atoms with Gasteiger partial charge in [-0.2, -0.15) is 5.26 Å². The minimum absolute atomic E-state index is 0. The first-order valence-electron chi connectivity index (χ1n) is 3.11. The van der Waals surface area contributed by atoms with E-state index in [-0.39, 0.29) is 23.9 Å². The van der Waals surface area contributed by atoms with Crippen LogP contribution in [0.5, 0.6) is 0 Å². The van der Waals surface area contributed by atoms with Crippen LogP contribution in [0, 0.1) is 16.7 Å². The van der Waals surface area contributed by atoms with Crippen LogP contribution in [0.25, 0.3) is 0 Å². The van der Waals surface area contributed by atoms with Crippen molar-refractivity contribution in [2.75, 3.05) is 0 Å². The summed E-state index contributed by atoms with van der Waals surface area (Å²) in [5.41, 5.74) is 5.70. The van der Waals surface area contributed by atoms with E-state index in [0.717, 1.165) is 0 Å². The zero-order valence-corrected chi connectivity index (χ0v) is 7.53. The maximum absolute atomic E-state index is 8.27. The molecule has 10 heavy (non-hydrogen) atoms. The topological polar surface area (TPSA) is 49.8 Å². The zero-order chi connectivity index (χ0) is 7.49. The summed E-state index contributed by atoms with van der Waals surface area (Å²) >= 11 is 0. The minimum atomic E-state index is 0. The van der Waals surface area contributed by atoms with Gasteiger partial charge in [0.05, 0.1) is 12.5 Å². The molecule has 60 valence electrons. The molecule has 2 nitrogen and oxygen atoms in total. The van der Waals surface area contributed by atoms with Gasteiger partial charge in [-0.15, -0.1) is 12.4 Å². The highest BCUT2D eigenvalue weighted by atomic mass is 35.5. The van der Waals surface area contributed by atoms with Crippen molar-refractivity contribution in [1.82, 2.24) is 0 Å². The fraction of sp³-hybridized carbons (Fsp3) is 0.857. The minimum Gasteiger partial charge on any atom is -0.326 e. The van der Waals surface area contributed by atoms with Crippen molar-refractivity contribution in [3.8, 4) is 6.07 Å². The third kappa shape index (κ3) is 4.60. The van der Waals surface area contributed by atoms with Gasteiger partial charge in [0.1, 0.15) is 0 Å². The van der Waals surface area contributed by atoms with E-state index in [2.05, 4.69) is 0 Å². The highest BCUT2D eigenvalue weighted by molar-refractivity contribution is 5.85. The standard InChI is InChI=1S/C7H14N2.ClH/c1-7(2,3)6(9)4-5-8;/h6H,4,9H2,1-3H3;1H/t6-;/m0./s1. The van der Waals surface area contributed by atoms with Gasteiger partial charge in [0.15, 0.2) is 0 Å². The van der Waals surface area contributed by atoms with E-state index in [9.17, 15) is 0 Å². The number of hydrogen-bond acceptors (Lipinski definition) is 2. The monoisotopic (exact) mass is 162 g/mol. The predicted molar refractivity (Wildman–Crippen MR) is 44.9 cm³/mol. The van der Waals surface area contributed by atoms with Crippen LogP contribution in [0.1, 0.15) is 27.2 Å². The van der Waals surface area contributed by atoms with Crippen molar-refractivity contribution in [3.63, 3.8) is 0 Å². The molecule has 0 saturated carbocycles. The molecule has 0 aliphatic carbocycles. The molecule has 3 heteroatoms. The summed E-state index contributed by atoms with van der Waals surface area (Å²) in [6.07, 6.45) is 0.448. The number of nitrogens with two attached hydrogens (primary N) is 1. The highest BCUT2D eigenvalue weighted by Crippen LogP contribution is 2.18. The van der Waals surface area contributed by atoms with Crippen LogP contribution in [0.4, 0.5) is 0 Å². The Labute approximate surface area is 68.8 Å². The quantitative estimate of drug-likeness (QED) is 0.638. The Balaban J connectivity index is 0. The van der Waals surface area contributed by atoms with E-state index in [4.69, 9.17) is 11.0 Å². The van der Waals surface area contributed by atoms with Crippen molar-refractivity contribution in [2.45, 2.75) is 33.2 Å². The van der Waals surface area contributed by atoms with Gasteiger partial charge >= 0.3 is 0 Å². The number of halogens is 1. The van der Waals surface area contributed by atoms with Gasteiger partial charge in [0.25, 0.3) is 0 Å². The second kappa shape index (κ2) is 4.54. The van der Waals surface area contributed by atoms with Crippen LogP contribution in [0.3, 0.4) is 0 Å². The first kappa shape index (κ1) is 12.4. The molecule has 0 aromatic carbocycles. The molecule has 0 heterocycles. The average Bonchev–Trinajstić information content (AvgIpc) is 1.64. The molecule has 0 saturated heterocycles. The fourth-order valence-electron chi connectivity index (χ4n) is 0.405. The summed E-state index contributed by atoms with van der Waals surface area (Å²) < 4.78 is 0. The van der Waals surface area contributed by atoms with Gasteiger partial charge in [-0.3, -0.25) is 0 Å². The van der Waals surface area contributed by atoms with Gasteiger partial charge in [0.2, 0.25) is 0 Å². The molecule has 0 radical (unpaired) electrons. The van der Waals surface area contributed by atoms with Gasteiger partial charge in [-0.25, -0.2) is 0 Å². The molecular weight excluding hydrogens is 148 g/mol. The Kier molecular flexibility index (Phi) is 5.64. The smallest absolute Gasteiger partial charge is 0.0638 e. The Morgan fingerprint density at radius 3 is 2.00 bits per heavy atom. The van der Waals surface area contributed by atoms with Crippen LogP contribution in [-0.2, 0) is 0 Å². The van der Waals surface area contributed by atoms with E-state index in [1.54, 1.807) is 0 Å². The first-order chi connectivity index (χ1) is 3.98. The summed E-state index contributed by atoms with van der Waals surface area (Å²) in [7, 11) is 0. The predicted octanol–water partition coefficient (Wildman–Crippen LogP) is 1.70. The summed E-state index contributed by atoms with van der Waals surface area (Å²) in [5, 5.41) is 8.27. The molecule has 0 fully saturated rings. The summed E-state index contributed by atoms with van der Waals surface area (Å²) in [4.78, 5) is 0. The molecule has 0 rings (SSSR count). The number of nitriles is 1. The van der Waals surface area contributed by atoms with Crippen LogP contribution in [0.15, 0.2) is 0 Å². The molecule has 0 amide bonds. The van der Waals surface area contributed by atoms with Crippen LogP contribution < -0.4 is 5.73 Å². The van der Waals surface area contributed by atoms with Gasteiger partial charge in [-0.1, -0.05) is 20.8 Å². The van der Waals surface area contributed by atoms with E-state index in [1.807, 2.05) is 26.8 Å². The van der Waals surface area contributed by atoms with Gasteiger partial charge in [0, 0.05) is 6.04 Å². The molecule has 0 spiro atoms. The normalized spacial score (nSPS) is 13.1. The Morgan fingerprint density at radius 2 is 1.90 bits per heavy atom. The lowest BCUT2D eigenvalue weighted by Crippen LogP contribution is -2.34. The molecule has 0 bridgehead atoms. The van der Waals surface area contributed by atoms with E-state index in [0.29, 0.717) is 6.42 Å². The molecule has 0 aliphatic heterocycles. The Bertz CT molecular complexity index is 121. The zero-order valence-electron chi connectivity index (χ0n) is 6.72. The molecule has 2 N–H and O–H groups in total. The fourth-order valence-corrected chi connectivity index (χ4v) is 0.405. The molecule has 0 aliphatic rings. The Hall–Kier alpha value is -0.260. The van der Waals surface area contributed by atoms with Crippen LogP contribution in [0.2, 0.25) is 0 Å². The Morgan fingerprint density at radius 1 is 1.50 bits per heavy atom. The largest absolute Gasteiger partial charge is 0.326 e. The molecular formula is C7H15ClN2. The van der Waals surface area contributed by atoms with E-state index in [1.165, 1.54) is 0 Å². The number of nitrogens with zero attached hydrogens (tertiary/aromatic N) is 1. The number of hydrogen-bond donors (Lipinski definition) is 1. The molecule has 1 atom stereocenters. The molecule has 0 unspecified atom stereocenters. The van der Waals surface area contributed by atoms with Crippen molar-refractivity contribution < 1.29 is 0 Å². The highest BCUT2D eigenvalue weighted by Gasteiger charge is 2.19. The van der Waals surface area contributed by atoms with Crippen molar-refractivity contribution in [2.24, 2.45) is 11.1 Å².